The van der Waals surface area contributed by atoms with Crippen LogP contribution in [0.25, 0.3) is 28.1 Å². The second-order valence-electron chi connectivity index (χ2n) is 5.46. The summed E-state index contributed by atoms with van der Waals surface area (Å²) in [7, 11) is 0. The molecule has 0 atom stereocenters. The van der Waals surface area contributed by atoms with E-state index in [2.05, 4.69) is 23.4 Å². The van der Waals surface area contributed by atoms with Crippen LogP contribution in [-0.4, -0.2) is 9.78 Å². The Kier molecular flexibility index (Phi) is 3.67. The molecule has 1 radical (unpaired) electrons. The fraction of sp³-hybridized carbons (Fsp3) is 0. The van der Waals surface area contributed by atoms with Gasteiger partial charge in [0.25, 0.3) is 0 Å². The van der Waals surface area contributed by atoms with Gasteiger partial charge in [-0.25, -0.2) is 9.07 Å². The minimum atomic E-state index is -0.270. The minimum Gasteiger partial charge on any atom is -0.232 e. The van der Waals surface area contributed by atoms with E-state index in [1.165, 1.54) is 6.07 Å². The molecule has 0 aliphatic rings. The molecule has 115 valence electrons. The molecular weight excluding hydrogens is 299 g/mol. The normalized spacial score (nSPS) is 10.7. The smallest absolute Gasteiger partial charge is 0.132 e. The summed E-state index contributed by atoms with van der Waals surface area (Å²) in [6.45, 7) is 0. The molecule has 0 fully saturated rings. The third-order valence-corrected chi connectivity index (χ3v) is 3.96. The molecular formula is C21H14FN2. The minimum absolute atomic E-state index is 0.270. The number of hydrogen-bond acceptors (Lipinski definition) is 1. The van der Waals surface area contributed by atoms with Crippen molar-refractivity contribution in [2.45, 2.75) is 0 Å². The lowest BCUT2D eigenvalue weighted by Crippen LogP contribution is -1.99. The first-order valence-electron chi connectivity index (χ1n) is 7.70. The van der Waals surface area contributed by atoms with Crippen LogP contribution in [0, 0.1) is 12.0 Å². The van der Waals surface area contributed by atoms with Crippen molar-refractivity contribution in [3.8, 4) is 28.1 Å². The molecule has 0 N–H and O–H groups in total. The average Bonchev–Trinajstić information content (AvgIpc) is 3.12. The number of halogens is 1. The van der Waals surface area contributed by atoms with Crippen LogP contribution in [0.1, 0.15) is 0 Å². The number of hydrogen-bond donors (Lipinski definition) is 0. The van der Waals surface area contributed by atoms with E-state index in [0.29, 0.717) is 11.3 Å². The molecule has 3 aromatic carbocycles. The van der Waals surface area contributed by atoms with E-state index in [0.717, 1.165) is 16.8 Å². The van der Waals surface area contributed by atoms with Crippen LogP contribution in [0.15, 0.2) is 84.9 Å². The van der Waals surface area contributed by atoms with Crippen LogP contribution < -0.4 is 0 Å². The lowest BCUT2D eigenvalue weighted by Gasteiger charge is -2.09. The van der Waals surface area contributed by atoms with Crippen LogP contribution >= 0.6 is 0 Å². The molecule has 0 aliphatic heterocycles. The van der Waals surface area contributed by atoms with E-state index < -0.39 is 0 Å². The summed E-state index contributed by atoms with van der Waals surface area (Å²) in [5.41, 5.74) is 4.35. The number of benzene rings is 3. The topological polar surface area (TPSA) is 17.8 Å². The van der Waals surface area contributed by atoms with Crippen molar-refractivity contribution >= 4 is 0 Å². The maximum Gasteiger partial charge on any atom is 0.132 e. The fourth-order valence-corrected chi connectivity index (χ4v) is 2.75. The molecule has 4 rings (SSSR count). The molecule has 0 saturated carbocycles. The Morgan fingerprint density at radius 2 is 1.42 bits per heavy atom. The summed E-state index contributed by atoms with van der Waals surface area (Å²) in [5, 5.41) is 4.23. The van der Waals surface area contributed by atoms with Crippen LogP contribution in [0.4, 0.5) is 4.39 Å². The highest BCUT2D eigenvalue weighted by molar-refractivity contribution is 5.66. The molecule has 1 heterocycles. The van der Waals surface area contributed by atoms with Crippen molar-refractivity contribution in [2.24, 2.45) is 0 Å². The third-order valence-electron chi connectivity index (χ3n) is 3.96. The van der Waals surface area contributed by atoms with Gasteiger partial charge in [0.05, 0.1) is 11.4 Å². The average molecular weight is 313 g/mol. The maximum atomic E-state index is 14.1. The molecule has 0 bridgehead atoms. The Balaban J connectivity index is 1.74. The van der Waals surface area contributed by atoms with E-state index in [4.69, 9.17) is 0 Å². The quantitative estimate of drug-likeness (QED) is 0.512. The van der Waals surface area contributed by atoms with E-state index in [9.17, 15) is 4.39 Å². The molecule has 1 aromatic heterocycles. The van der Waals surface area contributed by atoms with Gasteiger partial charge in [0.2, 0.25) is 0 Å². The first-order chi connectivity index (χ1) is 11.8. The highest BCUT2D eigenvalue weighted by Crippen LogP contribution is 2.26. The van der Waals surface area contributed by atoms with Crippen LogP contribution in [0.3, 0.4) is 0 Å². The summed E-state index contributed by atoms with van der Waals surface area (Å²) in [6, 6.07) is 26.6. The maximum absolute atomic E-state index is 14.1. The number of aromatic nitrogens is 2. The molecule has 0 aliphatic carbocycles. The van der Waals surface area contributed by atoms with Gasteiger partial charge in [0.1, 0.15) is 12.0 Å². The predicted molar refractivity (Wildman–Crippen MR) is 93.2 cm³/mol. The number of nitrogens with zero attached hydrogens (tertiary/aromatic N) is 2. The second kappa shape index (κ2) is 6.13. The van der Waals surface area contributed by atoms with Crippen LogP contribution in [0.2, 0.25) is 0 Å². The Hall–Kier alpha value is -3.20. The van der Waals surface area contributed by atoms with Crippen molar-refractivity contribution in [2.75, 3.05) is 0 Å². The summed E-state index contributed by atoms with van der Waals surface area (Å²) in [6.07, 6.45) is 2.82. The van der Waals surface area contributed by atoms with Gasteiger partial charge in [-0.2, -0.15) is 5.10 Å². The zero-order valence-corrected chi connectivity index (χ0v) is 12.9. The van der Waals surface area contributed by atoms with Gasteiger partial charge in [0.15, 0.2) is 0 Å². The monoisotopic (exact) mass is 313 g/mol. The van der Waals surface area contributed by atoms with Gasteiger partial charge in [-0.15, -0.1) is 0 Å². The molecule has 0 amide bonds. The second-order valence-corrected chi connectivity index (χ2v) is 5.46. The first kappa shape index (κ1) is 14.4. The van der Waals surface area contributed by atoms with Gasteiger partial charge in [-0.3, -0.25) is 0 Å². The van der Waals surface area contributed by atoms with E-state index >= 15 is 0 Å². The summed E-state index contributed by atoms with van der Waals surface area (Å²) >= 11 is 0. The first-order valence-corrected chi connectivity index (χ1v) is 7.70. The van der Waals surface area contributed by atoms with Gasteiger partial charge in [0, 0.05) is 5.56 Å². The molecule has 2 nitrogen and oxygen atoms in total. The Labute approximate surface area is 139 Å². The standard InChI is InChI=1S/C21H14FN2/c22-20-9-5-4-8-19(20)21-14-15-23-24(21)18-12-10-17(11-13-18)16-6-2-1-3-7-16/h1-14H. The highest BCUT2D eigenvalue weighted by Gasteiger charge is 2.11. The molecule has 3 heteroatoms. The lowest BCUT2D eigenvalue weighted by atomic mass is 10.1. The van der Waals surface area contributed by atoms with E-state index in [1.54, 1.807) is 22.9 Å². The zero-order chi connectivity index (χ0) is 16.4. The lowest BCUT2D eigenvalue weighted by molar-refractivity contribution is 0.629. The van der Waals surface area contributed by atoms with Crippen LogP contribution in [-0.2, 0) is 0 Å². The zero-order valence-electron chi connectivity index (χ0n) is 12.9. The summed E-state index contributed by atoms with van der Waals surface area (Å²) in [4.78, 5) is 0. The van der Waals surface area contributed by atoms with Crippen molar-refractivity contribution in [1.82, 2.24) is 9.78 Å². The largest absolute Gasteiger partial charge is 0.232 e. The van der Waals surface area contributed by atoms with Crippen LogP contribution in [0.5, 0.6) is 0 Å². The Morgan fingerprint density at radius 1 is 0.750 bits per heavy atom. The van der Waals surface area contributed by atoms with Crippen molar-refractivity contribution < 1.29 is 4.39 Å². The SMILES string of the molecule is Fc1ccccc1-c1c[c]nn1-c1ccc(-c2ccccc2)cc1. The molecule has 0 unspecified atom stereocenters. The summed E-state index contributed by atoms with van der Waals surface area (Å²) in [5.74, 6) is -0.270. The Morgan fingerprint density at radius 3 is 2.17 bits per heavy atom. The van der Waals surface area contributed by atoms with Gasteiger partial charge in [-0.1, -0.05) is 54.6 Å². The third kappa shape index (κ3) is 2.61. The van der Waals surface area contributed by atoms with E-state index in [-0.39, 0.29) is 5.82 Å². The molecule has 0 saturated heterocycles. The molecule has 24 heavy (non-hydrogen) atoms. The highest BCUT2D eigenvalue weighted by atomic mass is 19.1. The molecule has 0 spiro atoms. The predicted octanol–water partition coefficient (Wildman–Crippen LogP) is 5.15. The van der Waals surface area contributed by atoms with Gasteiger partial charge < -0.3 is 0 Å². The summed E-state index contributed by atoms with van der Waals surface area (Å²) < 4.78 is 15.8. The number of rotatable bonds is 3. The Bertz CT molecular complexity index is 957. The fourth-order valence-electron chi connectivity index (χ4n) is 2.75. The van der Waals surface area contributed by atoms with Gasteiger partial charge in [-0.05, 0) is 41.5 Å². The molecule has 4 aromatic rings. The van der Waals surface area contributed by atoms with Crippen molar-refractivity contribution in [3.05, 3.63) is 96.9 Å². The van der Waals surface area contributed by atoms with Crippen molar-refractivity contribution in [1.29, 1.82) is 0 Å². The van der Waals surface area contributed by atoms with E-state index in [1.807, 2.05) is 48.5 Å². The van der Waals surface area contributed by atoms with Crippen molar-refractivity contribution in [3.63, 3.8) is 0 Å². The van der Waals surface area contributed by atoms with Gasteiger partial charge >= 0.3 is 0 Å².